The van der Waals surface area contributed by atoms with Crippen molar-refractivity contribution in [1.29, 1.82) is 0 Å². The third kappa shape index (κ3) is 1.17. The molecule has 1 N–H and O–H groups in total. The highest BCUT2D eigenvalue weighted by molar-refractivity contribution is 7.10. The molecule has 0 saturated carbocycles. The van der Waals surface area contributed by atoms with Crippen LogP contribution in [0.1, 0.15) is 0 Å². The van der Waals surface area contributed by atoms with Crippen LogP contribution in [0.3, 0.4) is 0 Å². The average Bonchev–Trinajstić information content (AvgIpc) is 2.30. The van der Waals surface area contributed by atoms with Gasteiger partial charge in [-0.25, -0.2) is 0 Å². The summed E-state index contributed by atoms with van der Waals surface area (Å²) >= 11 is 0.853. The molecule has 0 aliphatic rings. The lowest BCUT2D eigenvalue weighted by atomic mass is 11.2. The fraction of sp³-hybridized carbons (Fsp3) is 0.500. The van der Waals surface area contributed by atoms with Gasteiger partial charge in [0.25, 0.3) is 5.19 Å². The summed E-state index contributed by atoms with van der Waals surface area (Å²) in [4.78, 5) is 10.4. The predicted octanol–water partition coefficient (Wildman–Crippen LogP) is -0.737. The van der Waals surface area contributed by atoms with Crippen molar-refractivity contribution in [2.24, 2.45) is 0 Å². The van der Waals surface area contributed by atoms with Crippen molar-refractivity contribution in [3.8, 4) is 5.19 Å². The van der Waals surface area contributed by atoms with Crippen LogP contribution in [0.15, 0.2) is 4.79 Å². The first kappa shape index (κ1) is 7.23. The maximum absolute atomic E-state index is 10.7. The average molecular weight is 162 g/mol. The molecule has 56 valence electrons. The van der Waals surface area contributed by atoms with Crippen LogP contribution in [-0.2, 0) is 6.73 Å². The topological polar surface area (TPSA) is 64.3 Å². The molecule has 0 spiro atoms. The molecule has 5 nitrogen and oxygen atoms in total. The normalized spacial score (nSPS) is 9.80. The Hall–Kier alpha value is -0.880. The summed E-state index contributed by atoms with van der Waals surface area (Å²) in [6.07, 6.45) is 0. The van der Waals surface area contributed by atoms with E-state index in [1.165, 1.54) is 7.11 Å². The molecule has 0 aliphatic heterocycles. The van der Waals surface area contributed by atoms with Crippen LogP contribution in [0.25, 0.3) is 0 Å². The minimum atomic E-state index is -0.404. The van der Waals surface area contributed by atoms with Crippen LogP contribution in [0.2, 0.25) is 0 Å². The van der Waals surface area contributed by atoms with Crippen molar-refractivity contribution >= 4 is 11.3 Å². The predicted molar refractivity (Wildman–Crippen MR) is 35.1 cm³/mol. The number of methoxy groups -OCH3 is 1. The van der Waals surface area contributed by atoms with Gasteiger partial charge < -0.3 is 9.84 Å². The van der Waals surface area contributed by atoms with Crippen LogP contribution in [0, 0.1) is 0 Å². The van der Waals surface area contributed by atoms with Gasteiger partial charge in [-0.2, -0.15) is 4.68 Å². The number of hydrogen-bond donors (Lipinski definition) is 1. The number of rotatable bonds is 2. The zero-order chi connectivity index (χ0) is 7.56. The number of nitrogens with zero attached hydrogens (tertiary/aromatic N) is 2. The molecule has 0 radical (unpaired) electrons. The van der Waals surface area contributed by atoms with Crippen molar-refractivity contribution in [1.82, 2.24) is 9.78 Å². The van der Waals surface area contributed by atoms with Crippen molar-refractivity contribution in [2.45, 2.75) is 6.73 Å². The lowest BCUT2D eigenvalue weighted by Crippen LogP contribution is -2.13. The molecule has 0 amide bonds. The minimum Gasteiger partial charge on any atom is -0.472 e. The number of hydrogen-bond acceptors (Lipinski definition) is 5. The summed E-state index contributed by atoms with van der Waals surface area (Å²) < 4.78 is 5.57. The van der Waals surface area contributed by atoms with E-state index in [4.69, 9.17) is 5.11 Å². The Labute approximate surface area is 60.5 Å². The highest BCUT2D eigenvalue weighted by Gasteiger charge is 2.02. The van der Waals surface area contributed by atoms with Gasteiger partial charge in [0, 0.05) is 0 Å². The summed E-state index contributed by atoms with van der Waals surface area (Å²) in [6, 6.07) is 0. The Bertz CT molecular complexity index is 266. The second-order valence-corrected chi connectivity index (χ2v) is 2.38. The third-order valence-electron chi connectivity index (χ3n) is 0.896. The van der Waals surface area contributed by atoms with Gasteiger partial charge in [0.05, 0.1) is 7.11 Å². The fourth-order valence-corrected chi connectivity index (χ4v) is 1.04. The quantitative estimate of drug-likeness (QED) is 0.622. The van der Waals surface area contributed by atoms with Gasteiger partial charge in [-0.3, -0.25) is 4.79 Å². The summed E-state index contributed by atoms with van der Waals surface area (Å²) in [5, 5.41) is 12.3. The van der Waals surface area contributed by atoms with E-state index < -0.39 is 6.73 Å². The van der Waals surface area contributed by atoms with E-state index in [9.17, 15) is 4.79 Å². The molecule has 0 aromatic carbocycles. The minimum absolute atomic E-state index is 0.263. The molecule has 10 heavy (non-hydrogen) atoms. The molecule has 6 heteroatoms. The zero-order valence-electron chi connectivity index (χ0n) is 5.27. The molecule has 1 aromatic heterocycles. The van der Waals surface area contributed by atoms with Crippen LogP contribution in [0.4, 0.5) is 0 Å². The molecule has 0 unspecified atom stereocenters. The monoisotopic (exact) mass is 162 g/mol. The van der Waals surface area contributed by atoms with E-state index >= 15 is 0 Å². The van der Waals surface area contributed by atoms with Crippen LogP contribution in [0.5, 0.6) is 5.19 Å². The summed E-state index contributed by atoms with van der Waals surface area (Å²) in [6.45, 7) is -0.404. The Morgan fingerprint density at radius 1 is 1.90 bits per heavy atom. The maximum atomic E-state index is 10.7. The van der Waals surface area contributed by atoms with Crippen LogP contribution in [-0.4, -0.2) is 22.0 Å². The SMILES string of the molecule is COc1nn(CO)c(=O)s1. The maximum Gasteiger partial charge on any atom is 0.330 e. The lowest BCUT2D eigenvalue weighted by Gasteiger charge is -1.88. The van der Waals surface area contributed by atoms with Crippen molar-refractivity contribution in [3.05, 3.63) is 9.67 Å². The highest BCUT2D eigenvalue weighted by Crippen LogP contribution is 2.06. The van der Waals surface area contributed by atoms with E-state index in [1.54, 1.807) is 0 Å². The Morgan fingerprint density at radius 3 is 2.90 bits per heavy atom. The first-order chi connectivity index (χ1) is 4.77. The van der Waals surface area contributed by atoms with E-state index in [0.717, 1.165) is 16.0 Å². The molecule has 0 saturated heterocycles. The van der Waals surface area contributed by atoms with Gasteiger partial charge in [-0.05, 0) is 11.3 Å². The molecular formula is C4H6N2O3S. The molecular weight excluding hydrogens is 156 g/mol. The van der Waals surface area contributed by atoms with Gasteiger partial charge in [0.15, 0.2) is 0 Å². The van der Waals surface area contributed by atoms with E-state index in [1.807, 2.05) is 0 Å². The number of aliphatic hydroxyl groups excluding tert-OH is 1. The zero-order valence-corrected chi connectivity index (χ0v) is 6.09. The first-order valence-electron chi connectivity index (χ1n) is 2.50. The molecule has 0 fully saturated rings. The van der Waals surface area contributed by atoms with Gasteiger partial charge in [0.1, 0.15) is 6.73 Å². The molecule has 0 aliphatic carbocycles. The van der Waals surface area contributed by atoms with Gasteiger partial charge in [-0.1, -0.05) is 0 Å². The number of aliphatic hydroxyl groups is 1. The first-order valence-corrected chi connectivity index (χ1v) is 3.32. The van der Waals surface area contributed by atoms with E-state index in [0.29, 0.717) is 0 Å². The molecule has 1 rings (SSSR count). The third-order valence-corrected chi connectivity index (χ3v) is 1.70. The fourth-order valence-electron chi connectivity index (χ4n) is 0.459. The largest absolute Gasteiger partial charge is 0.472 e. The van der Waals surface area contributed by atoms with E-state index in [2.05, 4.69) is 9.84 Å². The van der Waals surface area contributed by atoms with Gasteiger partial charge in [0.2, 0.25) is 0 Å². The molecule has 1 aromatic rings. The number of aromatic nitrogens is 2. The van der Waals surface area contributed by atoms with Crippen molar-refractivity contribution in [3.63, 3.8) is 0 Å². The van der Waals surface area contributed by atoms with Crippen molar-refractivity contribution in [2.75, 3.05) is 7.11 Å². The Balaban J connectivity index is 3.04. The van der Waals surface area contributed by atoms with Crippen LogP contribution < -0.4 is 9.61 Å². The summed E-state index contributed by atoms with van der Waals surface area (Å²) in [7, 11) is 1.42. The highest BCUT2D eigenvalue weighted by atomic mass is 32.1. The second kappa shape index (κ2) is 2.80. The Morgan fingerprint density at radius 2 is 2.60 bits per heavy atom. The smallest absolute Gasteiger partial charge is 0.330 e. The van der Waals surface area contributed by atoms with Crippen molar-refractivity contribution < 1.29 is 9.84 Å². The second-order valence-electron chi connectivity index (χ2n) is 1.48. The summed E-state index contributed by atoms with van der Waals surface area (Å²) in [5.41, 5.74) is 0. The molecule has 0 atom stereocenters. The van der Waals surface area contributed by atoms with E-state index in [-0.39, 0.29) is 10.1 Å². The van der Waals surface area contributed by atoms with Gasteiger partial charge >= 0.3 is 4.87 Å². The standard InChI is InChI=1S/C4H6N2O3S/c1-9-3-5-6(2-7)4(8)10-3/h7H,2H2,1H3. The van der Waals surface area contributed by atoms with Gasteiger partial charge in [-0.15, -0.1) is 5.10 Å². The molecule has 0 bridgehead atoms. The molecule has 1 heterocycles. The lowest BCUT2D eigenvalue weighted by molar-refractivity contribution is 0.189. The Kier molecular flexibility index (Phi) is 2.03. The van der Waals surface area contributed by atoms with Crippen LogP contribution >= 0.6 is 11.3 Å². The summed E-state index contributed by atoms with van der Waals surface area (Å²) in [5.74, 6) is 0. The number of ether oxygens (including phenoxy) is 1.